The Balaban J connectivity index is 2.16. The molecule has 2 amide bonds. The average Bonchev–Trinajstić information content (AvgIpc) is 2.74. The number of hydrogen-bond donors (Lipinski definition) is 1. The lowest BCUT2D eigenvalue weighted by Crippen LogP contribution is -2.22. The minimum absolute atomic E-state index is 0.0845. The third kappa shape index (κ3) is 3.61. The zero-order chi connectivity index (χ0) is 16.1. The number of carbonyl (C=O) groups is 2. The maximum atomic E-state index is 12.3. The highest BCUT2D eigenvalue weighted by atomic mass is 16.2. The van der Waals surface area contributed by atoms with Gasteiger partial charge in [0.15, 0.2) is 0 Å². The van der Waals surface area contributed by atoms with E-state index in [9.17, 15) is 9.59 Å². The molecule has 1 heterocycles. The van der Waals surface area contributed by atoms with Crippen LogP contribution in [0.5, 0.6) is 0 Å². The fraction of sp³-hybridized carbons (Fsp3) is 0.235. The van der Waals surface area contributed by atoms with Crippen LogP contribution in [-0.4, -0.2) is 23.3 Å². The molecule has 0 aliphatic carbocycles. The highest BCUT2D eigenvalue weighted by molar-refractivity contribution is 6.05. The van der Waals surface area contributed by atoms with Crippen LogP contribution in [0.1, 0.15) is 25.8 Å². The molecule has 0 spiro atoms. The fourth-order valence-electron chi connectivity index (χ4n) is 2.23. The number of amides is 2. The first-order valence-corrected chi connectivity index (χ1v) is 6.97. The SMILES string of the molecule is CC(=O)Nc1ccc(/C=C2\C(=O)N(CCC#N)C=C2C)cc1. The number of nitrogens with one attached hydrogen (secondary N) is 1. The van der Waals surface area contributed by atoms with Crippen LogP contribution in [0.2, 0.25) is 0 Å². The van der Waals surface area contributed by atoms with Crippen molar-refractivity contribution in [3.63, 3.8) is 0 Å². The van der Waals surface area contributed by atoms with Crippen molar-refractivity contribution >= 4 is 23.6 Å². The van der Waals surface area contributed by atoms with Gasteiger partial charge in [-0.2, -0.15) is 5.26 Å². The number of carbonyl (C=O) groups excluding carboxylic acids is 2. The lowest BCUT2D eigenvalue weighted by molar-refractivity contribution is -0.123. The van der Waals surface area contributed by atoms with E-state index in [-0.39, 0.29) is 11.8 Å². The topological polar surface area (TPSA) is 73.2 Å². The third-order valence-electron chi connectivity index (χ3n) is 3.27. The van der Waals surface area contributed by atoms with Crippen molar-refractivity contribution < 1.29 is 9.59 Å². The standard InChI is InChI=1S/C17H17N3O2/c1-12-11-20(9-3-8-18)17(22)16(12)10-14-4-6-15(7-5-14)19-13(2)21/h4-7,10-11H,3,9H2,1-2H3,(H,19,21)/b16-10-. The molecule has 1 N–H and O–H groups in total. The van der Waals surface area contributed by atoms with Crippen molar-refractivity contribution in [1.82, 2.24) is 4.90 Å². The first kappa shape index (κ1) is 15.5. The Bertz CT molecular complexity index is 694. The van der Waals surface area contributed by atoms with Gasteiger partial charge in [-0.05, 0) is 36.3 Å². The van der Waals surface area contributed by atoms with E-state index in [4.69, 9.17) is 5.26 Å². The van der Waals surface area contributed by atoms with Crippen LogP contribution in [0.25, 0.3) is 6.08 Å². The number of nitriles is 1. The number of hydrogen-bond acceptors (Lipinski definition) is 3. The quantitative estimate of drug-likeness (QED) is 0.868. The summed E-state index contributed by atoms with van der Waals surface area (Å²) in [5.74, 6) is -0.206. The van der Waals surface area contributed by atoms with Crippen molar-refractivity contribution in [2.75, 3.05) is 11.9 Å². The van der Waals surface area contributed by atoms with Gasteiger partial charge < -0.3 is 10.2 Å². The summed E-state index contributed by atoms with van der Waals surface area (Å²) in [6.45, 7) is 3.74. The normalized spacial score (nSPS) is 15.7. The lowest BCUT2D eigenvalue weighted by atomic mass is 10.1. The molecule has 112 valence electrons. The first-order chi connectivity index (χ1) is 10.5. The molecule has 1 aromatic rings. The number of benzene rings is 1. The van der Waals surface area contributed by atoms with E-state index in [0.717, 1.165) is 16.8 Å². The summed E-state index contributed by atoms with van der Waals surface area (Å²) in [7, 11) is 0. The number of rotatable bonds is 4. The summed E-state index contributed by atoms with van der Waals surface area (Å²) < 4.78 is 0. The Morgan fingerprint density at radius 1 is 1.36 bits per heavy atom. The molecule has 1 aliphatic rings. The summed E-state index contributed by atoms with van der Waals surface area (Å²) in [6, 6.07) is 9.31. The summed E-state index contributed by atoms with van der Waals surface area (Å²) in [5.41, 5.74) is 3.11. The third-order valence-corrected chi connectivity index (χ3v) is 3.27. The molecule has 0 bridgehead atoms. The molecule has 0 atom stereocenters. The van der Waals surface area contributed by atoms with Crippen molar-refractivity contribution in [3.8, 4) is 6.07 Å². The van der Waals surface area contributed by atoms with Gasteiger partial charge in [-0.25, -0.2) is 0 Å². The van der Waals surface area contributed by atoms with E-state index in [0.29, 0.717) is 18.5 Å². The molecule has 0 saturated carbocycles. The van der Waals surface area contributed by atoms with E-state index in [1.807, 2.05) is 31.2 Å². The van der Waals surface area contributed by atoms with Gasteiger partial charge >= 0.3 is 0 Å². The van der Waals surface area contributed by atoms with Gasteiger partial charge in [-0.3, -0.25) is 9.59 Å². The predicted molar refractivity (Wildman–Crippen MR) is 84.4 cm³/mol. The van der Waals surface area contributed by atoms with Gasteiger partial charge in [0.25, 0.3) is 5.91 Å². The predicted octanol–water partition coefficient (Wildman–Crippen LogP) is 2.69. The smallest absolute Gasteiger partial charge is 0.258 e. The van der Waals surface area contributed by atoms with Crippen LogP contribution in [-0.2, 0) is 9.59 Å². The number of nitrogens with zero attached hydrogens (tertiary/aromatic N) is 2. The maximum Gasteiger partial charge on any atom is 0.258 e. The van der Waals surface area contributed by atoms with Crippen molar-refractivity contribution in [3.05, 3.63) is 47.2 Å². The van der Waals surface area contributed by atoms with Crippen LogP contribution >= 0.6 is 0 Å². The highest BCUT2D eigenvalue weighted by Gasteiger charge is 2.24. The van der Waals surface area contributed by atoms with Gasteiger partial charge in [-0.1, -0.05) is 12.1 Å². The second-order valence-electron chi connectivity index (χ2n) is 5.08. The molecule has 0 fully saturated rings. The van der Waals surface area contributed by atoms with Crippen LogP contribution < -0.4 is 5.32 Å². The Morgan fingerprint density at radius 2 is 2.05 bits per heavy atom. The van der Waals surface area contributed by atoms with E-state index in [1.54, 1.807) is 23.2 Å². The average molecular weight is 295 g/mol. The fourth-order valence-corrected chi connectivity index (χ4v) is 2.23. The van der Waals surface area contributed by atoms with Gasteiger partial charge in [0.1, 0.15) is 0 Å². The summed E-state index contributed by atoms with van der Waals surface area (Å²) in [4.78, 5) is 24.8. The van der Waals surface area contributed by atoms with Crippen LogP contribution in [0.3, 0.4) is 0 Å². The molecular weight excluding hydrogens is 278 g/mol. The molecular formula is C17H17N3O2. The molecule has 0 unspecified atom stereocenters. The Hall–Kier alpha value is -2.87. The highest BCUT2D eigenvalue weighted by Crippen LogP contribution is 2.25. The minimum atomic E-state index is -0.121. The maximum absolute atomic E-state index is 12.3. The molecule has 22 heavy (non-hydrogen) atoms. The van der Waals surface area contributed by atoms with Crippen molar-refractivity contribution in [2.45, 2.75) is 20.3 Å². The molecule has 5 heteroatoms. The lowest BCUT2D eigenvalue weighted by Gasteiger charge is -2.10. The van der Waals surface area contributed by atoms with Gasteiger partial charge in [0.05, 0.1) is 12.5 Å². The number of anilines is 1. The largest absolute Gasteiger partial charge is 0.326 e. The molecule has 0 radical (unpaired) electrons. The minimum Gasteiger partial charge on any atom is -0.326 e. The molecule has 0 aromatic heterocycles. The molecule has 0 saturated heterocycles. The van der Waals surface area contributed by atoms with E-state index >= 15 is 0 Å². The zero-order valence-corrected chi connectivity index (χ0v) is 12.6. The summed E-state index contributed by atoms with van der Waals surface area (Å²) in [5, 5.41) is 11.3. The van der Waals surface area contributed by atoms with Crippen LogP contribution in [0.4, 0.5) is 5.69 Å². The zero-order valence-electron chi connectivity index (χ0n) is 12.6. The van der Waals surface area contributed by atoms with E-state index < -0.39 is 0 Å². The second-order valence-corrected chi connectivity index (χ2v) is 5.08. The van der Waals surface area contributed by atoms with Gasteiger partial charge in [0.2, 0.25) is 5.91 Å². The van der Waals surface area contributed by atoms with E-state index in [1.165, 1.54) is 6.92 Å². The van der Waals surface area contributed by atoms with Crippen LogP contribution in [0, 0.1) is 11.3 Å². The van der Waals surface area contributed by atoms with Crippen molar-refractivity contribution in [1.29, 1.82) is 5.26 Å². The Kier molecular flexibility index (Phi) is 4.74. The molecule has 2 rings (SSSR count). The second kappa shape index (κ2) is 6.72. The first-order valence-electron chi connectivity index (χ1n) is 6.97. The molecule has 1 aromatic carbocycles. The van der Waals surface area contributed by atoms with Crippen LogP contribution in [0.15, 0.2) is 41.6 Å². The summed E-state index contributed by atoms with van der Waals surface area (Å²) >= 11 is 0. The Labute approximate surface area is 129 Å². The van der Waals surface area contributed by atoms with Crippen molar-refractivity contribution in [2.24, 2.45) is 0 Å². The van der Waals surface area contributed by atoms with E-state index in [2.05, 4.69) is 5.32 Å². The Morgan fingerprint density at radius 3 is 2.64 bits per heavy atom. The monoisotopic (exact) mass is 295 g/mol. The molecule has 1 aliphatic heterocycles. The van der Waals surface area contributed by atoms with Gasteiger partial charge in [0, 0.05) is 30.9 Å². The van der Waals surface area contributed by atoms with Gasteiger partial charge in [-0.15, -0.1) is 0 Å². The molecule has 5 nitrogen and oxygen atoms in total. The summed E-state index contributed by atoms with van der Waals surface area (Å²) in [6.07, 6.45) is 3.91.